The number of rotatable bonds is 7. The molecule has 38 heavy (non-hydrogen) atoms. The lowest BCUT2D eigenvalue weighted by atomic mass is 9.81. The number of nitrogens with one attached hydrogen (secondary N) is 1. The number of hydrogen-bond acceptors (Lipinski definition) is 4. The first-order valence-electron chi connectivity index (χ1n) is 12.4. The zero-order valence-electron chi connectivity index (χ0n) is 21.1. The quantitative estimate of drug-likeness (QED) is 0.264. The maximum absolute atomic E-state index is 13.9. The van der Waals surface area contributed by atoms with E-state index in [9.17, 15) is 9.18 Å². The first kappa shape index (κ1) is 25.0. The van der Waals surface area contributed by atoms with Crippen LogP contribution in [-0.2, 0) is 4.79 Å². The zero-order valence-corrected chi connectivity index (χ0v) is 21.1. The summed E-state index contributed by atoms with van der Waals surface area (Å²) in [7, 11) is 0. The van der Waals surface area contributed by atoms with Gasteiger partial charge < -0.3 is 14.8 Å². The van der Waals surface area contributed by atoms with E-state index >= 15 is 0 Å². The van der Waals surface area contributed by atoms with Crippen LogP contribution in [0.2, 0.25) is 0 Å². The van der Waals surface area contributed by atoms with Gasteiger partial charge in [-0.15, -0.1) is 0 Å². The number of ether oxygens (including phenoxy) is 2. The third-order valence-electron chi connectivity index (χ3n) is 6.19. The summed E-state index contributed by atoms with van der Waals surface area (Å²) in [6, 6.07) is 29.5. The molecular weight excluding hydrogens is 479 g/mol. The summed E-state index contributed by atoms with van der Waals surface area (Å²) < 4.78 is 26.0. The number of hydrogen-bond donors (Lipinski definition) is 1. The topological polar surface area (TPSA) is 59.9 Å². The molecule has 0 radical (unpaired) electrons. The Labute approximate surface area is 221 Å². The average Bonchev–Trinajstić information content (AvgIpc) is 2.93. The molecule has 0 aliphatic carbocycles. The number of benzene rings is 4. The van der Waals surface area contributed by atoms with Crippen molar-refractivity contribution in [2.24, 2.45) is 4.99 Å². The monoisotopic (exact) mass is 506 g/mol. The van der Waals surface area contributed by atoms with Crippen LogP contribution in [0.4, 0.5) is 15.8 Å². The molecule has 0 saturated carbocycles. The molecule has 1 aliphatic heterocycles. The fourth-order valence-electron chi connectivity index (χ4n) is 4.50. The molecule has 1 N–H and O–H groups in total. The zero-order chi connectivity index (χ0) is 26.5. The van der Waals surface area contributed by atoms with E-state index in [1.54, 1.807) is 24.3 Å². The van der Waals surface area contributed by atoms with Crippen LogP contribution in [0, 0.1) is 5.82 Å². The van der Waals surface area contributed by atoms with Crippen molar-refractivity contribution in [2.45, 2.75) is 19.8 Å². The van der Waals surface area contributed by atoms with Crippen molar-refractivity contribution in [3.05, 3.63) is 125 Å². The van der Waals surface area contributed by atoms with E-state index in [0.717, 1.165) is 39.4 Å². The Morgan fingerprint density at radius 1 is 0.974 bits per heavy atom. The number of halogens is 1. The van der Waals surface area contributed by atoms with Gasteiger partial charge in [-0.05, 0) is 79.2 Å². The van der Waals surface area contributed by atoms with Gasteiger partial charge in [-0.1, -0.05) is 30.3 Å². The van der Waals surface area contributed by atoms with Crippen molar-refractivity contribution >= 4 is 29.3 Å². The van der Waals surface area contributed by atoms with E-state index in [1.807, 2.05) is 73.8 Å². The summed E-state index contributed by atoms with van der Waals surface area (Å²) in [6.45, 7) is 4.00. The van der Waals surface area contributed by atoms with E-state index in [0.29, 0.717) is 18.1 Å². The van der Waals surface area contributed by atoms with Crippen LogP contribution < -0.4 is 14.8 Å². The molecular formula is C32H27FN2O3. The van der Waals surface area contributed by atoms with Crippen molar-refractivity contribution < 1.29 is 18.7 Å². The van der Waals surface area contributed by atoms with Crippen molar-refractivity contribution in [1.82, 2.24) is 0 Å². The highest BCUT2D eigenvalue weighted by Crippen LogP contribution is 2.45. The smallest absolute Gasteiger partial charge is 0.221 e. The number of carbonyl (C=O) groups is 1. The standard InChI is InChI=1S/C32H27FN2O3/c1-3-37-27-18-10-23(11-19-27)32-29(20-34-25-14-16-26(17-15-25)35-21(2)36)31(22-8-12-24(33)13-9-22)28-6-4-5-7-30(28)38-32/h4-20,31H,3H2,1-2H3,(H,35,36). The van der Waals surface area contributed by atoms with Crippen LogP contribution in [0.1, 0.15) is 36.5 Å². The number of aliphatic imine (C=N–C) groups is 1. The first-order chi connectivity index (χ1) is 18.5. The maximum Gasteiger partial charge on any atom is 0.221 e. The predicted octanol–water partition coefficient (Wildman–Crippen LogP) is 7.52. The minimum atomic E-state index is -0.292. The van der Waals surface area contributed by atoms with Gasteiger partial charge in [0, 0.05) is 41.4 Å². The lowest BCUT2D eigenvalue weighted by Crippen LogP contribution is -2.17. The SMILES string of the molecule is CCOc1ccc(C2=C(C=Nc3ccc(NC(C)=O)cc3)C(c3ccc(F)cc3)c3ccccc3O2)cc1. The van der Waals surface area contributed by atoms with Gasteiger partial charge in [-0.25, -0.2) is 4.39 Å². The molecule has 0 aromatic heterocycles. The summed E-state index contributed by atoms with van der Waals surface area (Å²) in [5.74, 6) is 1.52. The Balaban J connectivity index is 1.63. The normalized spacial score (nSPS) is 14.7. The fraction of sp³-hybridized carbons (Fsp3) is 0.125. The second kappa shape index (κ2) is 11.1. The van der Waals surface area contributed by atoms with Gasteiger partial charge in [0.15, 0.2) is 0 Å². The molecule has 4 aromatic rings. The van der Waals surface area contributed by atoms with Crippen LogP contribution in [0.5, 0.6) is 11.5 Å². The first-order valence-corrected chi connectivity index (χ1v) is 12.4. The van der Waals surface area contributed by atoms with E-state index in [4.69, 9.17) is 14.5 Å². The second-order valence-electron chi connectivity index (χ2n) is 8.85. The predicted molar refractivity (Wildman–Crippen MR) is 149 cm³/mol. The van der Waals surface area contributed by atoms with E-state index < -0.39 is 0 Å². The lowest BCUT2D eigenvalue weighted by Gasteiger charge is -2.30. The molecule has 0 spiro atoms. The van der Waals surface area contributed by atoms with Crippen LogP contribution in [-0.4, -0.2) is 18.7 Å². The molecule has 0 saturated heterocycles. The van der Waals surface area contributed by atoms with Gasteiger partial charge >= 0.3 is 0 Å². The Hall–Kier alpha value is -4.71. The average molecular weight is 507 g/mol. The molecule has 190 valence electrons. The Kier molecular flexibility index (Phi) is 7.31. The lowest BCUT2D eigenvalue weighted by molar-refractivity contribution is -0.114. The van der Waals surface area contributed by atoms with Gasteiger partial charge in [0.1, 0.15) is 23.1 Å². The summed E-state index contributed by atoms with van der Waals surface area (Å²) in [5.41, 5.74) is 5.02. The third kappa shape index (κ3) is 5.49. The number of para-hydroxylation sites is 1. The van der Waals surface area contributed by atoms with E-state index in [-0.39, 0.29) is 17.6 Å². The van der Waals surface area contributed by atoms with Crippen LogP contribution in [0.3, 0.4) is 0 Å². The highest BCUT2D eigenvalue weighted by atomic mass is 19.1. The largest absolute Gasteiger partial charge is 0.494 e. The van der Waals surface area contributed by atoms with Crippen LogP contribution in [0.25, 0.3) is 5.76 Å². The molecule has 1 unspecified atom stereocenters. The second-order valence-corrected chi connectivity index (χ2v) is 8.85. The van der Waals surface area contributed by atoms with Crippen molar-refractivity contribution in [3.8, 4) is 11.5 Å². The molecule has 1 amide bonds. The molecule has 1 atom stereocenters. The summed E-state index contributed by atoms with van der Waals surface area (Å²) in [5, 5.41) is 2.76. The molecule has 5 nitrogen and oxygen atoms in total. The molecule has 1 heterocycles. The Morgan fingerprint density at radius 2 is 1.68 bits per heavy atom. The number of allylic oxidation sites excluding steroid dienone is 1. The molecule has 1 aliphatic rings. The molecule has 0 fully saturated rings. The summed E-state index contributed by atoms with van der Waals surface area (Å²) in [4.78, 5) is 16.1. The number of amides is 1. The number of anilines is 1. The molecule has 4 aromatic carbocycles. The van der Waals surface area contributed by atoms with Crippen LogP contribution >= 0.6 is 0 Å². The summed E-state index contributed by atoms with van der Waals surface area (Å²) in [6.07, 6.45) is 1.81. The van der Waals surface area contributed by atoms with E-state index in [2.05, 4.69) is 5.32 Å². The number of nitrogens with zero attached hydrogens (tertiary/aromatic N) is 1. The Morgan fingerprint density at radius 3 is 2.37 bits per heavy atom. The maximum atomic E-state index is 13.9. The molecule has 5 rings (SSSR count). The van der Waals surface area contributed by atoms with Crippen LogP contribution in [0.15, 0.2) is 108 Å². The molecule has 0 bridgehead atoms. The van der Waals surface area contributed by atoms with Gasteiger partial charge in [0.2, 0.25) is 5.91 Å². The Bertz CT molecular complexity index is 1490. The van der Waals surface area contributed by atoms with Gasteiger partial charge in [0.25, 0.3) is 0 Å². The minimum absolute atomic E-state index is 0.133. The number of fused-ring (bicyclic) bond motifs is 1. The van der Waals surface area contributed by atoms with E-state index in [1.165, 1.54) is 19.1 Å². The van der Waals surface area contributed by atoms with Gasteiger partial charge in [-0.3, -0.25) is 9.79 Å². The van der Waals surface area contributed by atoms with Gasteiger partial charge in [0.05, 0.1) is 12.3 Å². The van der Waals surface area contributed by atoms with Crippen molar-refractivity contribution in [1.29, 1.82) is 0 Å². The number of carbonyl (C=O) groups excluding carboxylic acids is 1. The molecule has 6 heteroatoms. The van der Waals surface area contributed by atoms with Crippen molar-refractivity contribution in [2.75, 3.05) is 11.9 Å². The van der Waals surface area contributed by atoms with Gasteiger partial charge in [-0.2, -0.15) is 0 Å². The minimum Gasteiger partial charge on any atom is -0.494 e. The third-order valence-corrected chi connectivity index (χ3v) is 6.19. The van der Waals surface area contributed by atoms with Crippen molar-refractivity contribution in [3.63, 3.8) is 0 Å². The summed E-state index contributed by atoms with van der Waals surface area (Å²) >= 11 is 0. The fourth-order valence-corrected chi connectivity index (χ4v) is 4.50. The highest BCUT2D eigenvalue weighted by molar-refractivity contribution is 5.95. The highest BCUT2D eigenvalue weighted by Gasteiger charge is 2.31.